The molecule has 1 rings (SSSR count). The van der Waals surface area contributed by atoms with Crippen molar-refractivity contribution in [3.8, 4) is 0 Å². The van der Waals surface area contributed by atoms with Crippen LogP contribution in [0.2, 0.25) is 0 Å². The Morgan fingerprint density at radius 2 is 1.95 bits per heavy atom. The Kier molecular flexibility index (Phi) is 6.03. The third-order valence-electron chi connectivity index (χ3n) is 3.47. The molecule has 0 aliphatic rings. The van der Waals surface area contributed by atoms with E-state index in [0.29, 0.717) is 23.9 Å². The summed E-state index contributed by atoms with van der Waals surface area (Å²) in [5.41, 5.74) is 0.949. The third-order valence-corrected chi connectivity index (χ3v) is 4.86. The summed E-state index contributed by atoms with van der Waals surface area (Å²) in [7, 11) is 0.299. The lowest BCUT2D eigenvalue weighted by atomic mass is 10.0. The van der Waals surface area contributed by atoms with Gasteiger partial charge in [-0.1, -0.05) is 26.7 Å². The number of nitrogens with one attached hydrogen (secondary N) is 2. The van der Waals surface area contributed by atoms with Gasteiger partial charge in [-0.15, -0.1) is 0 Å². The Labute approximate surface area is 116 Å². The summed E-state index contributed by atoms with van der Waals surface area (Å²) < 4.78 is 28.9. The molecule has 2 N–H and O–H groups in total. The van der Waals surface area contributed by atoms with Gasteiger partial charge in [-0.05, 0) is 19.0 Å². The zero-order valence-corrected chi connectivity index (χ0v) is 13.0. The van der Waals surface area contributed by atoms with Crippen LogP contribution < -0.4 is 10.0 Å². The summed E-state index contributed by atoms with van der Waals surface area (Å²) in [6.45, 7) is 5.32. The van der Waals surface area contributed by atoms with Gasteiger partial charge in [0.15, 0.2) is 0 Å². The Hall–Kier alpha value is -0.850. The summed E-state index contributed by atoms with van der Waals surface area (Å²) >= 11 is 0. The van der Waals surface area contributed by atoms with Crippen molar-refractivity contribution < 1.29 is 8.42 Å². The Morgan fingerprint density at radius 1 is 1.32 bits per heavy atom. The van der Waals surface area contributed by atoms with Gasteiger partial charge in [0.2, 0.25) is 10.0 Å². The highest BCUT2D eigenvalue weighted by Gasteiger charge is 2.18. The fourth-order valence-corrected chi connectivity index (χ4v) is 3.18. The van der Waals surface area contributed by atoms with Crippen LogP contribution in [0.5, 0.6) is 0 Å². The molecule has 110 valence electrons. The molecular weight excluding hydrogens is 262 g/mol. The maximum atomic E-state index is 12.2. The lowest BCUT2D eigenvalue weighted by Crippen LogP contribution is -2.28. The van der Waals surface area contributed by atoms with E-state index in [9.17, 15) is 8.42 Å². The molecule has 1 aromatic heterocycles. The minimum Gasteiger partial charge on any atom is -0.352 e. The predicted octanol–water partition coefficient (Wildman–Crippen LogP) is 1.46. The van der Waals surface area contributed by atoms with E-state index in [1.165, 1.54) is 0 Å². The molecule has 0 aliphatic heterocycles. The van der Waals surface area contributed by atoms with Gasteiger partial charge in [-0.25, -0.2) is 13.1 Å². The monoisotopic (exact) mass is 287 g/mol. The quantitative estimate of drug-likeness (QED) is 0.761. The number of hydrogen-bond donors (Lipinski definition) is 2. The fraction of sp³-hybridized carbons (Fsp3) is 0.692. The lowest BCUT2D eigenvalue weighted by Gasteiger charge is -2.12. The van der Waals surface area contributed by atoms with E-state index >= 15 is 0 Å². The summed E-state index contributed by atoms with van der Waals surface area (Å²) in [6.07, 6.45) is 3.62. The molecule has 0 aromatic carbocycles. The van der Waals surface area contributed by atoms with Crippen LogP contribution in [0.15, 0.2) is 17.2 Å². The maximum absolute atomic E-state index is 12.2. The van der Waals surface area contributed by atoms with Gasteiger partial charge in [0.25, 0.3) is 0 Å². The number of sulfonamides is 1. The molecule has 0 spiro atoms. The third kappa shape index (κ3) is 4.33. The number of aryl methyl sites for hydroxylation is 1. The van der Waals surface area contributed by atoms with Gasteiger partial charge in [-0.3, -0.25) is 0 Å². The second-order valence-corrected chi connectivity index (χ2v) is 6.61. The number of aromatic nitrogens is 1. The summed E-state index contributed by atoms with van der Waals surface area (Å²) in [4.78, 5) is 0.339. The van der Waals surface area contributed by atoms with Gasteiger partial charge >= 0.3 is 0 Å². The van der Waals surface area contributed by atoms with E-state index in [4.69, 9.17) is 0 Å². The Balaban J connectivity index is 2.79. The molecule has 19 heavy (non-hydrogen) atoms. The zero-order valence-electron chi connectivity index (χ0n) is 12.2. The molecule has 0 aliphatic carbocycles. The standard InChI is InChI=1S/C13H25N3O2S/c1-5-11(6-2)8-15-19(17,18)13-7-12(9-14-3)16(4)10-13/h7,10-11,14-15H,5-6,8-9H2,1-4H3. The molecule has 0 atom stereocenters. The molecule has 1 aromatic rings. The van der Waals surface area contributed by atoms with Gasteiger partial charge in [0.1, 0.15) is 0 Å². The van der Waals surface area contributed by atoms with Crippen LogP contribution in [-0.2, 0) is 23.6 Å². The highest BCUT2D eigenvalue weighted by molar-refractivity contribution is 7.89. The Bertz CT molecular complexity index is 490. The van der Waals surface area contributed by atoms with Crippen LogP contribution in [0.3, 0.4) is 0 Å². The zero-order chi connectivity index (χ0) is 14.5. The van der Waals surface area contributed by atoms with Crippen molar-refractivity contribution in [3.05, 3.63) is 18.0 Å². The van der Waals surface area contributed by atoms with Crippen molar-refractivity contribution in [1.29, 1.82) is 0 Å². The van der Waals surface area contributed by atoms with E-state index in [1.54, 1.807) is 12.3 Å². The van der Waals surface area contributed by atoms with E-state index in [-0.39, 0.29) is 0 Å². The van der Waals surface area contributed by atoms with Gasteiger partial charge in [0, 0.05) is 32.0 Å². The molecule has 0 amide bonds. The Morgan fingerprint density at radius 3 is 2.47 bits per heavy atom. The molecular formula is C13H25N3O2S. The molecule has 0 saturated heterocycles. The minimum absolute atomic E-state index is 0.339. The van der Waals surface area contributed by atoms with Gasteiger partial charge in [-0.2, -0.15) is 0 Å². The van der Waals surface area contributed by atoms with Crippen molar-refractivity contribution in [2.45, 2.75) is 38.1 Å². The largest absolute Gasteiger partial charge is 0.352 e. The van der Waals surface area contributed by atoms with Crippen LogP contribution in [0, 0.1) is 5.92 Å². The summed E-state index contributed by atoms with van der Waals surface area (Å²) in [6, 6.07) is 1.71. The van der Waals surface area contributed by atoms with Crippen molar-refractivity contribution in [3.63, 3.8) is 0 Å². The molecule has 5 nitrogen and oxygen atoms in total. The first-order valence-corrected chi connectivity index (χ1v) is 8.22. The molecule has 0 fully saturated rings. The van der Waals surface area contributed by atoms with Crippen molar-refractivity contribution in [1.82, 2.24) is 14.6 Å². The van der Waals surface area contributed by atoms with Crippen LogP contribution >= 0.6 is 0 Å². The molecule has 0 saturated carbocycles. The van der Waals surface area contributed by atoms with Crippen molar-refractivity contribution in [2.24, 2.45) is 13.0 Å². The van der Waals surface area contributed by atoms with Crippen molar-refractivity contribution >= 4 is 10.0 Å². The van der Waals surface area contributed by atoms with Crippen LogP contribution in [-0.4, -0.2) is 26.6 Å². The van der Waals surface area contributed by atoms with Crippen molar-refractivity contribution in [2.75, 3.05) is 13.6 Å². The molecule has 0 radical (unpaired) electrons. The lowest BCUT2D eigenvalue weighted by molar-refractivity contribution is 0.479. The summed E-state index contributed by atoms with van der Waals surface area (Å²) in [5, 5.41) is 3.02. The second-order valence-electron chi connectivity index (χ2n) is 4.84. The van der Waals surface area contributed by atoms with Crippen LogP contribution in [0.4, 0.5) is 0 Å². The summed E-state index contributed by atoms with van der Waals surface area (Å²) in [5.74, 6) is 0.398. The molecule has 0 unspecified atom stereocenters. The molecule has 0 bridgehead atoms. The average Bonchev–Trinajstić information content (AvgIpc) is 2.74. The van der Waals surface area contributed by atoms with Gasteiger partial charge < -0.3 is 9.88 Å². The average molecular weight is 287 g/mol. The first-order chi connectivity index (χ1) is 8.94. The topological polar surface area (TPSA) is 63.1 Å². The van der Waals surface area contributed by atoms with Crippen LogP contribution in [0.25, 0.3) is 0 Å². The highest BCUT2D eigenvalue weighted by atomic mass is 32.2. The van der Waals surface area contributed by atoms with E-state index in [1.807, 2.05) is 18.7 Å². The first kappa shape index (κ1) is 16.2. The van der Waals surface area contributed by atoms with Crippen LogP contribution in [0.1, 0.15) is 32.4 Å². The highest BCUT2D eigenvalue weighted by Crippen LogP contribution is 2.14. The van der Waals surface area contributed by atoms with Gasteiger partial charge in [0.05, 0.1) is 4.90 Å². The molecule has 6 heteroatoms. The van der Waals surface area contributed by atoms with E-state index in [0.717, 1.165) is 18.5 Å². The molecule has 1 heterocycles. The minimum atomic E-state index is -3.39. The normalized spacial score (nSPS) is 12.3. The maximum Gasteiger partial charge on any atom is 0.242 e. The second kappa shape index (κ2) is 7.07. The SMILES string of the molecule is CCC(CC)CNS(=O)(=O)c1cc(CNC)n(C)c1. The first-order valence-electron chi connectivity index (χ1n) is 6.74. The number of hydrogen-bond acceptors (Lipinski definition) is 3. The van der Waals surface area contributed by atoms with E-state index < -0.39 is 10.0 Å². The fourth-order valence-electron chi connectivity index (χ4n) is 1.97. The number of nitrogens with zero attached hydrogens (tertiary/aromatic N) is 1. The predicted molar refractivity (Wildman–Crippen MR) is 77.4 cm³/mol. The van der Waals surface area contributed by atoms with E-state index in [2.05, 4.69) is 23.9 Å². The smallest absolute Gasteiger partial charge is 0.242 e. The number of rotatable bonds is 8.